The van der Waals surface area contributed by atoms with E-state index in [0.29, 0.717) is 6.61 Å². The third-order valence-electron chi connectivity index (χ3n) is 2.16. The predicted molar refractivity (Wildman–Crippen MR) is 43.4 cm³/mol. The van der Waals surface area contributed by atoms with Crippen molar-refractivity contribution in [3.63, 3.8) is 0 Å². The summed E-state index contributed by atoms with van der Waals surface area (Å²) in [5, 5.41) is 0. The third kappa shape index (κ3) is 1.45. The molecular weight excluding hydrogens is 140 g/mol. The maximum atomic E-state index is 11.7. The maximum absolute atomic E-state index is 11.7. The van der Waals surface area contributed by atoms with Crippen molar-refractivity contribution < 1.29 is 9.53 Å². The first kappa shape index (κ1) is 8.72. The van der Waals surface area contributed by atoms with Crippen molar-refractivity contribution in [2.24, 2.45) is 5.41 Å². The van der Waals surface area contributed by atoms with Gasteiger partial charge in [-0.3, -0.25) is 4.79 Å². The van der Waals surface area contributed by atoms with Crippen LogP contribution in [0.5, 0.6) is 0 Å². The molecule has 1 atom stereocenters. The molecule has 0 bridgehead atoms. The number of hydrogen-bond donors (Lipinski definition) is 0. The lowest BCUT2D eigenvalue weighted by Crippen LogP contribution is -2.34. The largest absolute Gasteiger partial charge is 0.361 e. The van der Waals surface area contributed by atoms with Crippen LogP contribution in [0.1, 0.15) is 34.1 Å². The molecule has 1 rings (SSSR count). The third-order valence-corrected chi connectivity index (χ3v) is 2.16. The topological polar surface area (TPSA) is 29.6 Å². The van der Waals surface area contributed by atoms with Crippen molar-refractivity contribution in [3.05, 3.63) is 0 Å². The van der Waals surface area contributed by atoms with Crippen molar-refractivity contribution in [1.82, 2.24) is 0 Å². The van der Waals surface area contributed by atoms with Gasteiger partial charge in [-0.25, -0.2) is 0 Å². The van der Waals surface area contributed by atoms with E-state index in [2.05, 4.69) is 0 Å². The highest BCUT2D eigenvalue weighted by Gasteiger charge is 2.53. The Balaban J connectivity index is 2.69. The van der Waals surface area contributed by atoms with Crippen LogP contribution in [0.4, 0.5) is 0 Å². The molecule has 1 fully saturated rings. The molecule has 64 valence electrons. The number of epoxide rings is 1. The lowest BCUT2D eigenvalue weighted by Gasteiger charge is -2.20. The van der Waals surface area contributed by atoms with Crippen molar-refractivity contribution in [2.45, 2.75) is 39.7 Å². The van der Waals surface area contributed by atoms with Crippen molar-refractivity contribution in [3.8, 4) is 0 Å². The Morgan fingerprint density at radius 1 is 1.55 bits per heavy atom. The van der Waals surface area contributed by atoms with Gasteiger partial charge in [0.1, 0.15) is 5.60 Å². The number of carbonyl (C=O) groups excluding carboxylic acids is 1. The number of rotatable bonds is 2. The molecular formula is C9H16O2. The molecule has 1 heterocycles. The Hall–Kier alpha value is -0.370. The second-order valence-electron chi connectivity index (χ2n) is 4.22. The van der Waals surface area contributed by atoms with Crippen LogP contribution in [-0.2, 0) is 9.53 Å². The fraction of sp³-hybridized carbons (Fsp3) is 0.889. The summed E-state index contributed by atoms with van der Waals surface area (Å²) >= 11 is 0. The van der Waals surface area contributed by atoms with Crippen LogP contribution in [0.3, 0.4) is 0 Å². The van der Waals surface area contributed by atoms with E-state index in [1.54, 1.807) is 0 Å². The number of hydrogen-bond acceptors (Lipinski definition) is 2. The minimum Gasteiger partial charge on any atom is -0.361 e. The fourth-order valence-corrected chi connectivity index (χ4v) is 1.27. The second kappa shape index (κ2) is 2.31. The molecule has 0 aromatic heterocycles. The van der Waals surface area contributed by atoms with E-state index in [0.717, 1.165) is 6.42 Å². The number of ether oxygens (including phenoxy) is 1. The molecule has 11 heavy (non-hydrogen) atoms. The molecule has 0 amide bonds. The van der Waals surface area contributed by atoms with Gasteiger partial charge in [-0.15, -0.1) is 0 Å². The van der Waals surface area contributed by atoms with Gasteiger partial charge in [-0.2, -0.15) is 0 Å². The summed E-state index contributed by atoms with van der Waals surface area (Å²) < 4.78 is 5.18. The van der Waals surface area contributed by atoms with Crippen LogP contribution in [0.15, 0.2) is 0 Å². The summed E-state index contributed by atoms with van der Waals surface area (Å²) in [6.45, 7) is 8.44. The number of Topliss-reactive ketones (excluding diaryl/α,β-unsaturated/α-hetero) is 1. The van der Waals surface area contributed by atoms with Gasteiger partial charge in [-0.05, 0) is 6.42 Å². The van der Waals surface area contributed by atoms with Crippen LogP contribution in [0.2, 0.25) is 0 Å². The molecule has 0 aromatic rings. The average Bonchev–Trinajstić information content (AvgIpc) is 2.64. The van der Waals surface area contributed by atoms with Crippen LogP contribution in [-0.4, -0.2) is 18.0 Å². The molecule has 0 aliphatic carbocycles. The molecule has 1 aliphatic rings. The lowest BCUT2D eigenvalue weighted by molar-refractivity contribution is -0.131. The summed E-state index contributed by atoms with van der Waals surface area (Å²) in [6, 6.07) is 0. The van der Waals surface area contributed by atoms with Gasteiger partial charge in [0, 0.05) is 5.41 Å². The van der Waals surface area contributed by atoms with E-state index in [9.17, 15) is 4.79 Å². The molecule has 1 aliphatic heterocycles. The minimum absolute atomic E-state index is 0.243. The summed E-state index contributed by atoms with van der Waals surface area (Å²) in [5.41, 5.74) is -0.662. The van der Waals surface area contributed by atoms with E-state index in [-0.39, 0.29) is 11.2 Å². The van der Waals surface area contributed by atoms with E-state index in [4.69, 9.17) is 4.74 Å². The van der Waals surface area contributed by atoms with Crippen molar-refractivity contribution in [2.75, 3.05) is 6.61 Å². The lowest BCUT2D eigenvalue weighted by atomic mass is 9.82. The standard InChI is InChI=1S/C9H16O2/c1-5-9(6-11-9)7(10)8(2,3)4/h5-6H2,1-4H3. The first-order chi connectivity index (χ1) is 4.92. The molecule has 0 spiro atoms. The van der Waals surface area contributed by atoms with E-state index < -0.39 is 5.60 Å². The van der Waals surface area contributed by atoms with Gasteiger partial charge in [0.25, 0.3) is 0 Å². The molecule has 0 radical (unpaired) electrons. The maximum Gasteiger partial charge on any atom is 0.172 e. The zero-order chi connectivity index (χ0) is 8.70. The minimum atomic E-state index is -0.405. The Morgan fingerprint density at radius 3 is 2.09 bits per heavy atom. The first-order valence-electron chi connectivity index (χ1n) is 4.11. The Morgan fingerprint density at radius 2 is 2.00 bits per heavy atom. The second-order valence-corrected chi connectivity index (χ2v) is 4.22. The average molecular weight is 156 g/mol. The molecule has 0 aromatic carbocycles. The smallest absolute Gasteiger partial charge is 0.172 e. The zero-order valence-corrected chi connectivity index (χ0v) is 7.73. The summed E-state index contributed by atoms with van der Waals surface area (Å²) in [5.74, 6) is 0.243. The molecule has 0 N–H and O–H groups in total. The monoisotopic (exact) mass is 156 g/mol. The molecule has 1 unspecified atom stereocenters. The van der Waals surface area contributed by atoms with E-state index in [1.165, 1.54) is 0 Å². The first-order valence-corrected chi connectivity index (χ1v) is 4.11. The van der Waals surface area contributed by atoms with Gasteiger partial charge >= 0.3 is 0 Å². The van der Waals surface area contributed by atoms with Gasteiger partial charge in [0.05, 0.1) is 6.61 Å². The number of carbonyl (C=O) groups is 1. The summed E-state index contributed by atoms with van der Waals surface area (Å²) in [4.78, 5) is 11.7. The normalized spacial score (nSPS) is 30.2. The molecule has 1 saturated heterocycles. The van der Waals surface area contributed by atoms with Crippen LogP contribution in [0.25, 0.3) is 0 Å². The van der Waals surface area contributed by atoms with E-state index in [1.807, 2.05) is 27.7 Å². The highest BCUT2D eigenvalue weighted by Crippen LogP contribution is 2.37. The van der Waals surface area contributed by atoms with Gasteiger partial charge < -0.3 is 4.74 Å². The quantitative estimate of drug-likeness (QED) is 0.570. The molecule has 2 nitrogen and oxygen atoms in total. The SMILES string of the molecule is CCC1(C(=O)C(C)(C)C)CO1. The highest BCUT2D eigenvalue weighted by atomic mass is 16.6. The van der Waals surface area contributed by atoms with Crippen LogP contribution in [0, 0.1) is 5.41 Å². The van der Waals surface area contributed by atoms with Crippen LogP contribution >= 0.6 is 0 Å². The van der Waals surface area contributed by atoms with Gasteiger partial charge in [0.15, 0.2) is 5.78 Å². The van der Waals surface area contributed by atoms with Crippen LogP contribution < -0.4 is 0 Å². The Bertz CT molecular complexity index is 172. The zero-order valence-electron chi connectivity index (χ0n) is 7.73. The molecule has 2 heteroatoms. The Labute approximate surface area is 67.9 Å². The summed E-state index contributed by atoms with van der Waals surface area (Å²) in [7, 11) is 0. The van der Waals surface area contributed by atoms with Gasteiger partial charge in [-0.1, -0.05) is 27.7 Å². The highest BCUT2D eigenvalue weighted by molar-refractivity contribution is 5.93. The molecule has 0 saturated carbocycles. The predicted octanol–water partition coefficient (Wildman–Crippen LogP) is 1.78. The summed E-state index contributed by atoms with van der Waals surface area (Å²) in [6.07, 6.45) is 0.809. The van der Waals surface area contributed by atoms with Crippen molar-refractivity contribution in [1.29, 1.82) is 0 Å². The Kier molecular flexibility index (Phi) is 1.83. The number of ketones is 1. The van der Waals surface area contributed by atoms with Crippen molar-refractivity contribution >= 4 is 5.78 Å². The van der Waals surface area contributed by atoms with E-state index >= 15 is 0 Å². The fourth-order valence-electron chi connectivity index (χ4n) is 1.27. The van der Waals surface area contributed by atoms with Gasteiger partial charge in [0.2, 0.25) is 0 Å².